The Bertz CT molecular complexity index is 205. The highest BCUT2D eigenvalue weighted by molar-refractivity contribution is 5.05. The van der Waals surface area contributed by atoms with E-state index in [0.29, 0.717) is 17.3 Å². The largest absolute Gasteiger partial charge is 0.446 e. The van der Waals surface area contributed by atoms with E-state index < -0.39 is 0 Å². The van der Waals surface area contributed by atoms with Gasteiger partial charge >= 0.3 is 0 Å². The Morgan fingerprint density at radius 3 is 2.44 bits per heavy atom. The molecule has 1 heterocycles. The first-order valence-corrected chi connectivity index (χ1v) is 2.78. The standard InChI is InChI=1S/C6H9NO2/c1-4-6(3-8)7-5(2)9-4/h8H,3H2,1-2H3. The average Bonchev–Trinajstić information content (AvgIpc) is 2.10. The van der Waals surface area contributed by atoms with E-state index in [2.05, 4.69) is 4.98 Å². The van der Waals surface area contributed by atoms with Crippen LogP contribution in [0.25, 0.3) is 0 Å². The molecule has 3 heteroatoms. The van der Waals surface area contributed by atoms with Crippen molar-refractivity contribution >= 4 is 0 Å². The molecule has 1 rings (SSSR count). The zero-order chi connectivity index (χ0) is 6.85. The Kier molecular flexibility index (Phi) is 1.53. The van der Waals surface area contributed by atoms with Gasteiger partial charge in [0.05, 0.1) is 6.61 Å². The smallest absolute Gasteiger partial charge is 0.191 e. The summed E-state index contributed by atoms with van der Waals surface area (Å²) in [6, 6.07) is 0. The lowest BCUT2D eigenvalue weighted by Gasteiger charge is -1.83. The van der Waals surface area contributed by atoms with E-state index in [1.807, 2.05) is 0 Å². The molecule has 0 fully saturated rings. The highest BCUT2D eigenvalue weighted by Crippen LogP contribution is 2.07. The monoisotopic (exact) mass is 127 g/mol. The van der Waals surface area contributed by atoms with Crippen LogP contribution in [0.1, 0.15) is 17.3 Å². The Morgan fingerprint density at radius 2 is 2.22 bits per heavy atom. The highest BCUT2D eigenvalue weighted by atomic mass is 16.4. The Labute approximate surface area is 53.3 Å². The summed E-state index contributed by atoms with van der Waals surface area (Å²) < 4.78 is 5.03. The summed E-state index contributed by atoms with van der Waals surface area (Å²) >= 11 is 0. The fourth-order valence-electron chi connectivity index (χ4n) is 0.719. The van der Waals surface area contributed by atoms with E-state index in [-0.39, 0.29) is 6.61 Å². The number of aryl methyl sites for hydroxylation is 2. The molecule has 0 aliphatic carbocycles. The van der Waals surface area contributed by atoms with E-state index in [1.165, 1.54) is 0 Å². The zero-order valence-electron chi connectivity index (χ0n) is 5.51. The highest BCUT2D eigenvalue weighted by Gasteiger charge is 2.02. The van der Waals surface area contributed by atoms with Crippen molar-refractivity contribution in [3.05, 3.63) is 17.3 Å². The minimum atomic E-state index is -0.0385. The van der Waals surface area contributed by atoms with Gasteiger partial charge in [-0.1, -0.05) is 0 Å². The van der Waals surface area contributed by atoms with Crippen LogP contribution >= 0.6 is 0 Å². The Balaban J connectivity index is 3.01. The van der Waals surface area contributed by atoms with Gasteiger partial charge in [-0.3, -0.25) is 0 Å². The van der Waals surface area contributed by atoms with Crippen LogP contribution in [0.15, 0.2) is 4.42 Å². The summed E-state index contributed by atoms with van der Waals surface area (Å²) in [6.07, 6.45) is 0. The van der Waals surface area contributed by atoms with Gasteiger partial charge in [-0.05, 0) is 6.92 Å². The predicted molar refractivity (Wildman–Crippen MR) is 31.9 cm³/mol. The van der Waals surface area contributed by atoms with Crippen molar-refractivity contribution in [1.82, 2.24) is 4.98 Å². The lowest BCUT2D eigenvalue weighted by Crippen LogP contribution is -1.84. The van der Waals surface area contributed by atoms with Crippen LogP contribution in [0.3, 0.4) is 0 Å². The summed E-state index contributed by atoms with van der Waals surface area (Å²) in [6.45, 7) is 3.50. The number of nitrogens with zero attached hydrogens (tertiary/aromatic N) is 1. The minimum Gasteiger partial charge on any atom is -0.446 e. The summed E-state index contributed by atoms with van der Waals surface area (Å²) in [5.41, 5.74) is 0.632. The van der Waals surface area contributed by atoms with Gasteiger partial charge in [0.2, 0.25) is 0 Å². The van der Waals surface area contributed by atoms with Crippen molar-refractivity contribution in [2.75, 3.05) is 0 Å². The van der Waals surface area contributed by atoms with E-state index >= 15 is 0 Å². The lowest BCUT2D eigenvalue weighted by atomic mass is 10.4. The van der Waals surface area contributed by atoms with Gasteiger partial charge in [0.15, 0.2) is 5.89 Å². The number of hydrogen-bond acceptors (Lipinski definition) is 3. The third-order valence-corrected chi connectivity index (χ3v) is 1.15. The van der Waals surface area contributed by atoms with Crippen LogP contribution in [0, 0.1) is 13.8 Å². The van der Waals surface area contributed by atoms with Gasteiger partial charge in [-0.2, -0.15) is 0 Å². The second kappa shape index (κ2) is 2.19. The van der Waals surface area contributed by atoms with Crippen LogP contribution in [0.5, 0.6) is 0 Å². The maximum Gasteiger partial charge on any atom is 0.191 e. The molecule has 0 atom stereocenters. The van der Waals surface area contributed by atoms with Crippen LogP contribution < -0.4 is 0 Å². The molecule has 0 aromatic carbocycles. The van der Waals surface area contributed by atoms with Crippen molar-refractivity contribution in [2.45, 2.75) is 20.5 Å². The van der Waals surface area contributed by atoms with Crippen molar-refractivity contribution in [3.63, 3.8) is 0 Å². The molecule has 0 radical (unpaired) electrons. The maximum absolute atomic E-state index is 8.61. The van der Waals surface area contributed by atoms with Crippen LogP contribution in [-0.2, 0) is 6.61 Å². The molecular weight excluding hydrogens is 118 g/mol. The Hall–Kier alpha value is -0.830. The van der Waals surface area contributed by atoms with Crippen LogP contribution in [0.2, 0.25) is 0 Å². The van der Waals surface area contributed by atoms with E-state index in [1.54, 1.807) is 13.8 Å². The first kappa shape index (κ1) is 6.29. The van der Waals surface area contributed by atoms with Crippen LogP contribution in [-0.4, -0.2) is 10.1 Å². The molecule has 1 aromatic rings. The van der Waals surface area contributed by atoms with Gasteiger partial charge < -0.3 is 9.52 Å². The molecule has 0 saturated heterocycles. The first-order valence-electron chi connectivity index (χ1n) is 2.78. The quantitative estimate of drug-likeness (QED) is 0.606. The number of oxazole rings is 1. The van der Waals surface area contributed by atoms with Gasteiger partial charge in [0.1, 0.15) is 11.5 Å². The van der Waals surface area contributed by atoms with Gasteiger partial charge in [0, 0.05) is 6.92 Å². The minimum absolute atomic E-state index is 0.0385. The first-order chi connectivity index (χ1) is 4.24. The number of rotatable bonds is 1. The SMILES string of the molecule is Cc1nc(CO)c(C)o1. The van der Waals surface area contributed by atoms with Crippen molar-refractivity contribution in [1.29, 1.82) is 0 Å². The summed E-state index contributed by atoms with van der Waals surface area (Å²) in [7, 11) is 0. The molecule has 3 nitrogen and oxygen atoms in total. The molecule has 0 aliphatic heterocycles. The molecule has 0 saturated carbocycles. The maximum atomic E-state index is 8.61. The molecule has 1 aromatic heterocycles. The van der Waals surface area contributed by atoms with Crippen molar-refractivity contribution in [3.8, 4) is 0 Å². The fraction of sp³-hybridized carbons (Fsp3) is 0.500. The Morgan fingerprint density at radius 1 is 1.56 bits per heavy atom. The molecule has 0 aliphatic rings. The summed E-state index contributed by atoms with van der Waals surface area (Å²) in [5, 5.41) is 8.61. The van der Waals surface area contributed by atoms with E-state index in [4.69, 9.17) is 9.52 Å². The van der Waals surface area contributed by atoms with Gasteiger partial charge in [0.25, 0.3) is 0 Å². The molecule has 9 heavy (non-hydrogen) atoms. The summed E-state index contributed by atoms with van der Waals surface area (Å²) in [5.74, 6) is 1.31. The van der Waals surface area contributed by atoms with E-state index in [0.717, 1.165) is 0 Å². The topological polar surface area (TPSA) is 46.3 Å². The second-order valence-corrected chi connectivity index (χ2v) is 1.89. The molecule has 0 bridgehead atoms. The predicted octanol–water partition coefficient (Wildman–Crippen LogP) is 0.784. The van der Waals surface area contributed by atoms with E-state index in [9.17, 15) is 0 Å². The molecule has 50 valence electrons. The lowest BCUT2D eigenvalue weighted by molar-refractivity contribution is 0.275. The third kappa shape index (κ3) is 1.10. The third-order valence-electron chi connectivity index (χ3n) is 1.15. The normalized spacial score (nSPS) is 10.1. The van der Waals surface area contributed by atoms with Crippen molar-refractivity contribution < 1.29 is 9.52 Å². The number of hydrogen-bond donors (Lipinski definition) is 1. The fourth-order valence-corrected chi connectivity index (χ4v) is 0.719. The molecule has 0 amide bonds. The summed E-state index contributed by atoms with van der Waals surface area (Å²) in [4.78, 5) is 3.91. The van der Waals surface area contributed by atoms with Crippen molar-refractivity contribution in [2.24, 2.45) is 0 Å². The average molecular weight is 127 g/mol. The molecule has 1 N–H and O–H groups in total. The molecular formula is C6H9NO2. The second-order valence-electron chi connectivity index (χ2n) is 1.89. The number of aliphatic hydroxyl groups excluding tert-OH is 1. The number of aliphatic hydroxyl groups is 1. The zero-order valence-corrected chi connectivity index (χ0v) is 5.51. The number of aromatic nitrogens is 1. The van der Waals surface area contributed by atoms with Gasteiger partial charge in [-0.15, -0.1) is 0 Å². The molecule has 0 spiro atoms. The van der Waals surface area contributed by atoms with Crippen LogP contribution in [0.4, 0.5) is 0 Å². The van der Waals surface area contributed by atoms with Gasteiger partial charge in [-0.25, -0.2) is 4.98 Å². The molecule has 0 unspecified atom stereocenters.